The largest absolute Gasteiger partial charge is 0.368 e. The van der Waals surface area contributed by atoms with Gasteiger partial charge in [0.15, 0.2) is 0 Å². The van der Waals surface area contributed by atoms with Crippen LogP contribution in [0, 0.1) is 5.92 Å². The van der Waals surface area contributed by atoms with Gasteiger partial charge in [-0.1, -0.05) is 13.8 Å². The van der Waals surface area contributed by atoms with E-state index in [0.29, 0.717) is 12.1 Å². The highest BCUT2D eigenvalue weighted by atomic mass is 16.1. The SMILES string of the molecule is CCNC1(C(N)=O)CCCC(N2CCC(C)CC2C)C1. The number of carbonyl (C=O) groups excluding carboxylic acids is 1. The summed E-state index contributed by atoms with van der Waals surface area (Å²) >= 11 is 0. The van der Waals surface area contributed by atoms with Crippen LogP contribution in [0.25, 0.3) is 0 Å². The third kappa shape index (κ3) is 3.17. The number of carbonyl (C=O) groups is 1. The first-order chi connectivity index (χ1) is 9.48. The smallest absolute Gasteiger partial charge is 0.237 e. The van der Waals surface area contributed by atoms with Gasteiger partial charge in [-0.2, -0.15) is 0 Å². The molecule has 1 saturated carbocycles. The summed E-state index contributed by atoms with van der Waals surface area (Å²) in [5, 5.41) is 3.39. The molecule has 116 valence electrons. The standard InChI is InChI=1S/C16H31N3O/c1-4-18-16(15(17)20)8-5-6-14(11-16)19-9-7-12(2)10-13(19)3/h12-14,18H,4-11H2,1-3H3,(H2,17,20). The van der Waals surface area contributed by atoms with E-state index < -0.39 is 5.54 Å². The first kappa shape index (κ1) is 15.8. The number of primary amides is 1. The van der Waals surface area contributed by atoms with Crippen molar-refractivity contribution in [3.05, 3.63) is 0 Å². The molecule has 1 heterocycles. The van der Waals surface area contributed by atoms with Crippen molar-refractivity contribution >= 4 is 5.91 Å². The maximum atomic E-state index is 12.0. The third-order valence-electron chi connectivity index (χ3n) is 5.37. The zero-order valence-corrected chi connectivity index (χ0v) is 13.3. The average Bonchev–Trinajstić information content (AvgIpc) is 2.39. The van der Waals surface area contributed by atoms with E-state index in [1.165, 1.54) is 25.8 Å². The molecule has 0 aromatic heterocycles. The maximum absolute atomic E-state index is 12.0. The number of likely N-dealkylation sites (N-methyl/N-ethyl adjacent to an activating group) is 1. The molecule has 0 bridgehead atoms. The molecule has 2 fully saturated rings. The van der Waals surface area contributed by atoms with Gasteiger partial charge in [0, 0.05) is 12.1 Å². The predicted octanol–water partition coefficient (Wildman–Crippen LogP) is 1.88. The number of hydrogen-bond acceptors (Lipinski definition) is 3. The zero-order chi connectivity index (χ0) is 14.8. The van der Waals surface area contributed by atoms with Gasteiger partial charge in [0.05, 0.1) is 5.54 Å². The normalized spacial score (nSPS) is 39.6. The summed E-state index contributed by atoms with van der Waals surface area (Å²) < 4.78 is 0. The highest BCUT2D eigenvalue weighted by Gasteiger charge is 2.43. The topological polar surface area (TPSA) is 58.4 Å². The Bertz CT molecular complexity index is 343. The van der Waals surface area contributed by atoms with Crippen LogP contribution in [0.2, 0.25) is 0 Å². The van der Waals surface area contributed by atoms with Crippen molar-refractivity contribution in [1.29, 1.82) is 0 Å². The zero-order valence-electron chi connectivity index (χ0n) is 13.3. The lowest BCUT2D eigenvalue weighted by molar-refractivity contribution is -0.127. The summed E-state index contributed by atoms with van der Waals surface area (Å²) in [4.78, 5) is 14.6. The van der Waals surface area contributed by atoms with E-state index in [-0.39, 0.29) is 5.91 Å². The van der Waals surface area contributed by atoms with Gasteiger partial charge in [0.25, 0.3) is 0 Å². The van der Waals surface area contributed by atoms with Gasteiger partial charge in [0.1, 0.15) is 0 Å². The highest BCUT2D eigenvalue weighted by Crippen LogP contribution is 2.35. The monoisotopic (exact) mass is 281 g/mol. The first-order valence-electron chi connectivity index (χ1n) is 8.29. The van der Waals surface area contributed by atoms with Crippen LogP contribution in [0.5, 0.6) is 0 Å². The summed E-state index contributed by atoms with van der Waals surface area (Å²) in [7, 11) is 0. The minimum absolute atomic E-state index is 0.165. The molecule has 4 nitrogen and oxygen atoms in total. The Morgan fingerprint density at radius 3 is 2.75 bits per heavy atom. The molecule has 2 aliphatic rings. The molecule has 0 aromatic carbocycles. The molecule has 4 unspecified atom stereocenters. The lowest BCUT2D eigenvalue weighted by Gasteiger charge is -2.48. The van der Waals surface area contributed by atoms with Gasteiger partial charge in [0.2, 0.25) is 5.91 Å². The molecule has 3 N–H and O–H groups in total. The molecule has 1 amide bonds. The molecule has 20 heavy (non-hydrogen) atoms. The second kappa shape index (κ2) is 6.44. The molecular weight excluding hydrogens is 250 g/mol. The second-order valence-corrected chi connectivity index (χ2v) is 6.94. The number of rotatable bonds is 4. The van der Waals surface area contributed by atoms with E-state index in [1.807, 2.05) is 0 Å². The van der Waals surface area contributed by atoms with Crippen molar-refractivity contribution in [3.8, 4) is 0 Å². The summed E-state index contributed by atoms with van der Waals surface area (Å²) in [6.45, 7) is 8.72. The van der Waals surface area contributed by atoms with Crippen LogP contribution in [0.1, 0.15) is 59.3 Å². The van der Waals surface area contributed by atoms with Gasteiger partial charge < -0.3 is 11.1 Å². The lowest BCUT2D eigenvalue weighted by Crippen LogP contribution is -2.61. The van der Waals surface area contributed by atoms with E-state index in [1.54, 1.807) is 0 Å². The quantitative estimate of drug-likeness (QED) is 0.827. The Kier molecular flexibility index (Phi) is 5.08. The summed E-state index contributed by atoms with van der Waals surface area (Å²) in [6, 6.07) is 1.15. The van der Waals surface area contributed by atoms with Crippen LogP contribution in [0.3, 0.4) is 0 Å². The minimum atomic E-state index is -0.472. The molecule has 1 saturated heterocycles. The van der Waals surface area contributed by atoms with Crippen LogP contribution in [-0.4, -0.2) is 41.5 Å². The van der Waals surface area contributed by atoms with Crippen LogP contribution in [0.15, 0.2) is 0 Å². The van der Waals surface area contributed by atoms with Crippen LogP contribution in [-0.2, 0) is 4.79 Å². The number of nitrogens with one attached hydrogen (secondary N) is 1. The van der Waals surface area contributed by atoms with E-state index in [0.717, 1.165) is 31.7 Å². The number of likely N-dealkylation sites (tertiary alicyclic amines) is 1. The van der Waals surface area contributed by atoms with Gasteiger partial charge in [-0.3, -0.25) is 9.69 Å². The Morgan fingerprint density at radius 1 is 1.40 bits per heavy atom. The van der Waals surface area contributed by atoms with E-state index >= 15 is 0 Å². The minimum Gasteiger partial charge on any atom is -0.368 e. The fourth-order valence-corrected chi connectivity index (χ4v) is 4.31. The van der Waals surface area contributed by atoms with E-state index in [9.17, 15) is 4.79 Å². The van der Waals surface area contributed by atoms with Crippen molar-refractivity contribution in [3.63, 3.8) is 0 Å². The first-order valence-corrected chi connectivity index (χ1v) is 8.29. The Balaban J connectivity index is 2.07. The van der Waals surface area contributed by atoms with Crippen molar-refractivity contribution in [2.75, 3.05) is 13.1 Å². The fourth-order valence-electron chi connectivity index (χ4n) is 4.31. The highest BCUT2D eigenvalue weighted by molar-refractivity contribution is 5.84. The van der Waals surface area contributed by atoms with Crippen molar-refractivity contribution in [2.24, 2.45) is 11.7 Å². The van der Waals surface area contributed by atoms with E-state index in [2.05, 4.69) is 31.0 Å². The molecule has 4 atom stereocenters. The van der Waals surface area contributed by atoms with Crippen LogP contribution in [0.4, 0.5) is 0 Å². The number of hydrogen-bond donors (Lipinski definition) is 2. The number of nitrogens with two attached hydrogens (primary N) is 1. The molecular formula is C16H31N3O. The molecule has 0 aromatic rings. The van der Waals surface area contributed by atoms with Gasteiger partial charge in [-0.25, -0.2) is 0 Å². The van der Waals surface area contributed by atoms with Crippen LogP contribution < -0.4 is 11.1 Å². The Morgan fingerprint density at radius 2 is 2.15 bits per heavy atom. The predicted molar refractivity (Wildman–Crippen MR) is 82.4 cm³/mol. The van der Waals surface area contributed by atoms with Gasteiger partial charge in [-0.15, -0.1) is 0 Å². The van der Waals surface area contributed by atoms with Crippen molar-refractivity contribution in [1.82, 2.24) is 10.2 Å². The van der Waals surface area contributed by atoms with Gasteiger partial charge in [-0.05, 0) is 64.5 Å². The number of amides is 1. The molecule has 2 rings (SSSR count). The Hall–Kier alpha value is -0.610. The molecule has 0 spiro atoms. The molecule has 1 aliphatic heterocycles. The number of piperidine rings is 1. The molecule has 0 radical (unpaired) electrons. The summed E-state index contributed by atoms with van der Waals surface area (Å²) in [5.41, 5.74) is 5.24. The van der Waals surface area contributed by atoms with Crippen LogP contribution >= 0.6 is 0 Å². The average molecular weight is 281 g/mol. The van der Waals surface area contributed by atoms with Gasteiger partial charge >= 0.3 is 0 Å². The Labute approximate surface area is 123 Å². The van der Waals surface area contributed by atoms with E-state index in [4.69, 9.17) is 5.73 Å². The lowest BCUT2D eigenvalue weighted by atomic mass is 9.76. The fraction of sp³-hybridized carbons (Fsp3) is 0.938. The maximum Gasteiger partial charge on any atom is 0.237 e. The third-order valence-corrected chi connectivity index (χ3v) is 5.37. The second-order valence-electron chi connectivity index (χ2n) is 6.94. The number of nitrogens with zero attached hydrogens (tertiary/aromatic N) is 1. The molecule has 1 aliphatic carbocycles. The van der Waals surface area contributed by atoms with Crippen molar-refractivity contribution < 1.29 is 4.79 Å². The van der Waals surface area contributed by atoms with Crippen molar-refractivity contribution in [2.45, 2.75) is 76.9 Å². The molecule has 4 heteroatoms. The summed E-state index contributed by atoms with van der Waals surface area (Å²) in [5.74, 6) is 0.668. The summed E-state index contributed by atoms with van der Waals surface area (Å²) in [6.07, 6.45) is 6.64.